The van der Waals surface area contributed by atoms with Gasteiger partial charge in [-0.25, -0.2) is 8.42 Å². The molecule has 0 atom stereocenters. The van der Waals surface area contributed by atoms with Gasteiger partial charge in [-0.3, -0.25) is 14.3 Å². The molecule has 1 aliphatic heterocycles. The van der Waals surface area contributed by atoms with Crippen LogP contribution in [0.5, 0.6) is 0 Å². The molecule has 2 rings (SSSR count). The summed E-state index contributed by atoms with van der Waals surface area (Å²) in [7, 11) is -3.33. The lowest BCUT2D eigenvalue weighted by Crippen LogP contribution is -2.37. The first-order valence-corrected chi connectivity index (χ1v) is 11.6. The average molecular weight is 400 g/mol. The highest BCUT2D eigenvalue weighted by Gasteiger charge is 2.16. The highest BCUT2D eigenvalue weighted by Crippen LogP contribution is 2.13. The number of amides is 2. The third-order valence-corrected chi connectivity index (χ3v) is 5.41. The summed E-state index contributed by atoms with van der Waals surface area (Å²) in [6, 6.07) is 6.85. The first-order valence-electron chi connectivity index (χ1n) is 8.52. The van der Waals surface area contributed by atoms with E-state index in [4.69, 9.17) is 0 Å². The number of benzene rings is 1. The minimum absolute atomic E-state index is 0.0991. The Balaban J connectivity index is 1.70. The van der Waals surface area contributed by atoms with Crippen LogP contribution >= 0.6 is 11.8 Å². The molecule has 0 bridgehead atoms. The molecule has 0 radical (unpaired) electrons. The molecule has 2 amide bonds. The molecule has 1 saturated heterocycles. The Kier molecular flexibility index (Phi) is 7.77. The highest BCUT2D eigenvalue weighted by atomic mass is 32.2. The maximum atomic E-state index is 12.0. The van der Waals surface area contributed by atoms with Gasteiger partial charge >= 0.3 is 0 Å². The lowest BCUT2D eigenvalue weighted by Gasteiger charge is -2.26. The van der Waals surface area contributed by atoms with E-state index >= 15 is 0 Å². The number of sulfonamides is 1. The Bertz CT molecular complexity index is 731. The molecule has 1 fully saturated rings. The van der Waals surface area contributed by atoms with E-state index in [2.05, 4.69) is 10.0 Å². The van der Waals surface area contributed by atoms with Crippen LogP contribution in [0.3, 0.4) is 0 Å². The number of hydrogen-bond acceptors (Lipinski definition) is 5. The van der Waals surface area contributed by atoms with Crippen LogP contribution in [0.15, 0.2) is 24.3 Å². The molecule has 0 spiro atoms. The third-order valence-electron chi connectivity index (χ3n) is 3.89. The molecule has 0 saturated carbocycles. The molecule has 0 aliphatic carbocycles. The van der Waals surface area contributed by atoms with Gasteiger partial charge in [-0.15, -0.1) is 11.8 Å². The van der Waals surface area contributed by atoms with Crippen LogP contribution in [-0.4, -0.2) is 56.0 Å². The molecule has 1 aromatic carbocycles. The zero-order valence-corrected chi connectivity index (χ0v) is 16.5. The molecule has 9 heteroatoms. The van der Waals surface area contributed by atoms with Crippen LogP contribution in [-0.2, 0) is 26.2 Å². The standard InChI is InChI=1S/C17H25N3O4S2/c1-26(23,24)19-15-7-5-6-14(10-15)11-18-16(21)12-25-13-17(22)20-8-3-2-4-9-20/h5-7,10,19H,2-4,8-9,11-13H2,1H3,(H,18,21). The van der Waals surface area contributed by atoms with E-state index in [1.165, 1.54) is 18.2 Å². The molecule has 7 nitrogen and oxygen atoms in total. The first-order chi connectivity index (χ1) is 12.3. The number of anilines is 1. The van der Waals surface area contributed by atoms with Crippen molar-refractivity contribution in [3.05, 3.63) is 29.8 Å². The number of hydrogen-bond donors (Lipinski definition) is 2. The second-order valence-corrected chi connectivity index (χ2v) is 9.02. The number of nitrogens with zero attached hydrogens (tertiary/aromatic N) is 1. The molecule has 1 heterocycles. The van der Waals surface area contributed by atoms with Gasteiger partial charge in [0.2, 0.25) is 21.8 Å². The van der Waals surface area contributed by atoms with Crippen molar-refractivity contribution in [2.45, 2.75) is 25.8 Å². The number of carbonyl (C=O) groups excluding carboxylic acids is 2. The van der Waals surface area contributed by atoms with Crippen LogP contribution in [0, 0.1) is 0 Å². The Morgan fingerprint density at radius 3 is 2.58 bits per heavy atom. The smallest absolute Gasteiger partial charge is 0.232 e. The van der Waals surface area contributed by atoms with E-state index < -0.39 is 10.0 Å². The molecule has 26 heavy (non-hydrogen) atoms. The summed E-state index contributed by atoms with van der Waals surface area (Å²) >= 11 is 1.31. The number of rotatable bonds is 8. The maximum Gasteiger partial charge on any atom is 0.232 e. The Hall–Kier alpha value is -1.74. The Morgan fingerprint density at radius 1 is 1.15 bits per heavy atom. The molecule has 0 unspecified atom stereocenters. The fourth-order valence-corrected chi connectivity index (χ4v) is 3.98. The van der Waals surface area contributed by atoms with Gasteiger partial charge in [0.25, 0.3) is 0 Å². The monoisotopic (exact) mass is 399 g/mol. The van der Waals surface area contributed by atoms with Crippen LogP contribution in [0.1, 0.15) is 24.8 Å². The van der Waals surface area contributed by atoms with E-state index in [0.29, 0.717) is 18.0 Å². The van der Waals surface area contributed by atoms with Gasteiger partial charge in [0, 0.05) is 25.3 Å². The van der Waals surface area contributed by atoms with Crippen molar-refractivity contribution >= 4 is 39.3 Å². The van der Waals surface area contributed by atoms with Gasteiger partial charge in [-0.1, -0.05) is 12.1 Å². The minimum Gasteiger partial charge on any atom is -0.351 e. The average Bonchev–Trinajstić information content (AvgIpc) is 2.59. The van der Waals surface area contributed by atoms with Gasteiger partial charge in [-0.05, 0) is 37.0 Å². The molecule has 1 aromatic rings. The zero-order chi connectivity index (χ0) is 19.0. The van der Waals surface area contributed by atoms with Crippen molar-refractivity contribution in [3.63, 3.8) is 0 Å². The number of carbonyl (C=O) groups is 2. The van der Waals surface area contributed by atoms with Gasteiger partial charge in [-0.2, -0.15) is 0 Å². The van der Waals surface area contributed by atoms with Crippen molar-refractivity contribution in [3.8, 4) is 0 Å². The molecule has 1 aliphatic rings. The molecular formula is C17H25N3O4S2. The summed E-state index contributed by atoms with van der Waals surface area (Å²) in [5.74, 6) is 0.493. The lowest BCUT2D eigenvalue weighted by molar-refractivity contribution is -0.129. The summed E-state index contributed by atoms with van der Waals surface area (Å²) in [6.45, 7) is 1.95. The van der Waals surface area contributed by atoms with Crippen LogP contribution < -0.4 is 10.0 Å². The number of likely N-dealkylation sites (tertiary alicyclic amines) is 1. The fourth-order valence-electron chi connectivity index (χ4n) is 2.68. The summed E-state index contributed by atoms with van der Waals surface area (Å²) in [4.78, 5) is 25.8. The van der Waals surface area contributed by atoms with Crippen LogP contribution in [0.4, 0.5) is 5.69 Å². The van der Waals surface area contributed by atoms with E-state index in [1.807, 2.05) is 4.90 Å². The topological polar surface area (TPSA) is 95.6 Å². The molecule has 0 aromatic heterocycles. The summed E-state index contributed by atoms with van der Waals surface area (Å²) < 4.78 is 24.9. The Labute approximate surface area is 159 Å². The maximum absolute atomic E-state index is 12.0. The largest absolute Gasteiger partial charge is 0.351 e. The fraction of sp³-hybridized carbons (Fsp3) is 0.529. The van der Waals surface area contributed by atoms with E-state index in [-0.39, 0.29) is 17.6 Å². The lowest BCUT2D eigenvalue weighted by atomic mass is 10.1. The summed E-state index contributed by atoms with van der Waals surface area (Å²) in [5, 5.41) is 2.78. The van der Waals surface area contributed by atoms with Gasteiger partial charge in [0.15, 0.2) is 0 Å². The third kappa shape index (κ3) is 7.65. The normalized spacial score (nSPS) is 14.7. The Morgan fingerprint density at radius 2 is 1.88 bits per heavy atom. The second-order valence-electron chi connectivity index (χ2n) is 6.29. The molecule has 144 valence electrons. The van der Waals surface area contributed by atoms with Gasteiger partial charge in [0.1, 0.15) is 0 Å². The van der Waals surface area contributed by atoms with Crippen LogP contribution in [0.2, 0.25) is 0 Å². The minimum atomic E-state index is -3.33. The molecule has 2 N–H and O–H groups in total. The predicted molar refractivity (Wildman–Crippen MR) is 105 cm³/mol. The summed E-state index contributed by atoms with van der Waals surface area (Å²) in [5.41, 5.74) is 1.25. The predicted octanol–water partition coefficient (Wildman–Crippen LogP) is 1.42. The SMILES string of the molecule is CS(=O)(=O)Nc1cccc(CNC(=O)CSCC(=O)N2CCCCC2)c1. The zero-order valence-electron chi connectivity index (χ0n) is 14.9. The van der Waals surface area contributed by atoms with E-state index in [0.717, 1.165) is 37.8 Å². The second kappa shape index (κ2) is 9.82. The van der Waals surface area contributed by atoms with Crippen molar-refractivity contribution in [1.29, 1.82) is 0 Å². The highest BCUT2D eigenvalue weighted by molar-refractivity contribution is 8.00. The first kappa shape index (κ1) is 20.6. The van der Waals surface area contributed by atoms with Crippen molar-refractivity contribution in [2.24, 2.45) is 0 Å². The number of piperidine rings is 1. The quantitative estimate of drug-likeness (QED) is 0.689. The number of nitrogens with one attached hydrogen (secondary N) is 2. The van der Waals surface area contributed by atoms with Crippen molar-refractivity contribution in [1.82, 2.24) is 10.2 Å². The number of thioether (sulfide) groups is 1. The van der Waals surface area contributed by atoms with Gasteiger partial charge < -0.3 is 10.2 Å². The van der Waals surface area contributed by atoms with Gasteiger partial charge in [0.05, 0.1) is 17.8 Å². The molecular weight excluding hydrogens is 374 g/mol. The van der Waals surface area contributed by atoms with Crippen LogP contribution in [0.25, 0.3) is 0 Å². The van der Waals surface area contributed by atoms with Crippen molar-refractivity contribution in [2.75, 3.05) is 35.6 Å². The van der Waals surface area contributed by atoms with E-state index in [9.17, 15) is 18.0 Å². The summed E-state index contributed by atoms with van der Waals surface area (Å²) in [6.07, 6.45) is 4.39. The van der Waals surface area contributed by atoms with Crippen molar-refractivity contribution < 1.29 is 18.0 Å². The van der Waals surface area contributed by atoms with E-state index in [1.54, 1.807) is 24.3 Å².